The number of allylic oxidation sites excluding steroid dienone is 2. The minimum Gasteiger partial charge on any atom is -0.497 e. The van der Waals surface area contributed by atoms with Gasteiger partial charge in [0.2, 0.25) is 5.91 Å². The number of nitrogens with one attached hydrogen (secondary N) is 1. The van der Waals surface area contributed by atoms with Crippen molar-refractivity contribution in [1.82, 2.24) is 10.2 Å². The molecule has 0 unspecified atom stereocenters. The number of halogens is 1. The Bertz CT molecular complexity index is 763. The molecule has 2 rings (SSSR count). The molecule has 0 spiro atoms. The third kappa shape index (κ3) is 9.07. The Morgan fingerprint density at radius 3 is 2.58 bits per heavy atom. The summed E-state index contributed by atoms with van der Waals surface area (Å²) in [5.74, 6) is 0.496. The van der Waals surface area contributed by atoms with Crippen LogP contribution in [-0.4, -0.2) is 59.9 Å². The summed E-state index contributed by atoms with van der Waals surface area (Å²) in [7, 11) is 1.57. The summed E-state index contributed by atoms with van der Waals surface area (Å²) >= 11 is 7.18. The Balaban J connectivity index is 1.85. The fourth-order valence-electron chi connectivity index (χ4n) is 3.39. The summed E-state index contributed by atoms with van der Waals surface area (Å²) in [4.78, 5) is 27.1. The van der Waals surface area contributed by atoms with Crippen molar-refractivity contribution < 1.29 is 19.4 Å². The van der Waals surface area contributed by atoms with E-state index in [0.717, 1.165) is 37.7 Å². The summed E-state index contributed by atoms with van der Waals surface area (Å²) in [6.07, 6.45) is 6.33. The van der Waals surface area contributed by atoms with Crippen LogP contribution in [0.3, 0.4) is 0 Å². The smallest absolute Gasteiger partial charge is 0.220 e. The summed E-state index contributed by atoms with van der Waals surface area (Å²) in [5.41, 5.74) is -0.280. The third-order valence-corrected chi connectivity index (χ3v) is 6.37. The fourth-order valence-corrected chi connectivity index (χ4v) is 4.48. The van der Waals surface area contributed by atoms with Gasteiger partial charge < -0.3 is 20.1 Å². The molecule has 1 heterocycles. The Morgan fingerprint density at radius 1 is 1.29 bits per heavy atom. The molecule has 2 N–H and O–H groups in total. The Morgan fingerprint density at radius 2 is 1.97 bits per heavy atom. The van der Waals surface area contributed by atoms with Gasteiger partial charge in [-0.3, -0.25) is 9.59 Å². The van der Waals surface area contributed by atoms with Crippen molar-refractivity contribution in [2.45, 2.75) is 43.6 Å². The number of nitrogens with zero attached hydrogens (tertiary/aromatic N) is 1. The second kappa shape index (κ2) is 13.6. The molecule has 0 aliphatic carbocycles. The van der Waals surface area contributed by atoms with Crippen molar-refractivity contribution in [3.8, 4) is 5.75 Å². The van der Waals surface area contributed by atoms with Gasteiger partial charge in [0, 0.05) is 24.9 Å². The van der Waals surface area contributed by atoms with Crippen LogP contribution in [0, 0.1) is 0 Å². The molecule has 1 aromatic carbocycles. The molecule has 0 radical (unpaired) electrons. The molecule has 1 amide bonds. The van der Waals surface area contributed by atoms with E-state index in [4.69, 9.17) is 16.3 Å². The van der Waals surface area contributed by atoms with Crippen LogP contribution in [0.4, 0.5) is 0 Å². The predicted molar refractivity (Wildman–Crippen MR) is 127 cm³/mol. The standard InChI is InChI=1S/C23H31ClN2O4S/c1-3-7-21(24)31-23(29)19(16-26-14-4-5-15-26)25-22(28)9-6-8-20(27)17-10-12-18(30-2)13-11-17/h3,7,10-13,19,23,29H,1,4-6,8-9,14-16H2,2H3,(H,25,28)/b21-7-/t19-,23-/m1/s1. The van der Waals surface area contributed by atoms with Crippen molar-refractivity contribution in [2.24, 2.45) is 0 Å². The van der Waals surface area contributed by atoms with E-state index >= 15 is 0 Å². The van der Waals surface area contributed by atoms with E-state index < -0.39 is 11.5 Å². The van der Waals surface area contributed by atoms with E-state index in [1.165, 1.54) is 0 Å². The molecule has 1 fully saturated rings. The van der Waals surface area contributed by atoms with Gasteiger partial charge in [0.15, 0.2) is 5.78 Å². The van der Waals surface area contributed by atoms with Gasteiger partial charge in [-0.15, -0.1) is 0 Å². The first-order valence-corrected chi connectivity index (χ1v) is 11.7. The largest absolute Gasteiger partial charge is 0.497 e. The van der Waals surface area contributed by atoms with Gasteiger partial charge in [0.25, 0.3) is 0 Å². The number of methoxy groups -OCH3 is 1. The highest BCUT2D eigenvalue weighted by atomic mass is 35.5. The Kier molecular flexibility index (Phi) is 11.2. The van der Waals surface area contributed by atoms with Crippen molar-refractivity contribution >= 4 is 35.1 Å². The molecule has 0 aromatic heterocycles. The molecule has 1 aliphatic rings. The monoisotopic (exact) mass is 466 g/mol. The first-order valence-electron chi connectivity index (χ1n) is 10.4. The average molecular weight is 467 g/mol. The Labute approximate surface area is 193 Å². The van der Waals surface area contributed by atoms with Gasteiger partial charge >= 0.3 is 0 Å². The van der Waals surface area contributed by atoms with Crippen molar-refractivity contribution in [1.29, 1.82) is 0 Å². The van der Waals surface area contributed by atoms with Crippen LogP contribution in [-0.2, 0) is 4.79 Å². The number of benzene rings is 1. The fraction of sp³-hybridized carbons (Fsp3) is 0.478. The van der Waals surface area contributed by atoms with Gasteiger partial charge in [0.1, 0.15) is 11.2 Å². The number of carbonyl (C=O) groups excluding carboxylic acids is 2. The summed E-state index contributed by atoms with van der Waals surface area (Å²) in [6.45, 7) is 6.06. The van der Waals surface area contributed by atoms with Crippen molar-refractivity contribution in [3.63, 3.8) is 0 Å². The third-order valence-electron chi connectivity index (χ3n) is 5.05. The van der Waals surface area contributed by atoms with Crippen LogP contribution in [0.25, 0.3) is 0 Å². The number of aliphatic hydroxyl groups excluding tert-OH is 1. The van der Waals surface area contributed by atoms with Crippen LogP contribution < -0.4 is 10.1 Å². The maximum absolute atomic E-state index is 12.5. The maximum atomic E-state index is 12.5. The maximum Gasteiger partial charge on any atom is 0.220 e. The molecular formula is C23H31ClN2O4S. The Hall–Kier alpha value is -1.80. The molecule has 1 aliphatic heterocycles. The molecule has 170 valence electrons. The van der Waals surface area contributed by atoms with Gasteiger partial charge in [-0.2, -0.15) is 0 Å². The molecule has 1 aromatic rings. The van der Waals surface area contributed by atoms with E-state index in [-0.39, 0.29) is 24.5 Å². The SMILES string of the molecule is C=C/C=C(/Cl)S[C@@H](O)[C@@H](CN1CCCC1)NC(=O)CCCC(=O)c1ccc(OC)cc1. The normalized spacial score (nSPS) is 16.5. The van der Waals surface area contributed by atoms with E-state index in [9.17, 15) is 14.7 Å². The number of carbonyl (C=O) groups is 2. The topological polar surface area (TPSA) is 78.9 Å². The quantitative estimate of drug-likeness (QED) is 0.260. The summed E-state index contributed by atoms with van der Waals surface area (Å²) in [6, 6.07) is 6.48. The van der Waals surface area contributed by atoms with Crippen molar-refractivity contribution in [2.75, 3.05) is 26.7 Å². The second-order valence-electron chi connectivity index (χ2n) is 7.40. The van der Waals surface area contributed by atoms with Crippen LogP contribution in [0.5, 0.6) is 5.75 Å². The number of ether oxygens (including phenoxy) is 1. The first kappa shape index (κ1) is 25.5. The first-order chi connectivity index (χ1) is 14.9. The van der Waals surface area contributed by atoms with Crippen LogP contribution in [0.2, 0.25) is 0 Å². The number of thioether (sulfide) groups is 1. The highest BCUT2D eigenvalue weighted by Crippen LogP contribution is 2.26. The van der Waals surface area contributed by atoms with E-state index in [1.807, 2.05) is 0 Å². The van der Waals surface area contributed by atoms with Gasteiger partial charge in [-0.25, -0.2) is 0 Å². The highest BCUT2D eigenvalue weighted by molar-refractivity contribution is 8.05. The van der Waals surface area contributed by atoms with Gasteiger partial charge in [-0.05, 0) is 62.7 Å². The summed E-state index contributed by atoms with van der Waals surface area (Å²) in [5, 5.41) is 13.5. The lowest BCUT2D eigenvalue weighted by Gasteiger charge is -2.28. The molecule has 0 bridgehead atoms. The lowest BCUT2D eigenvalue weighted by Crippen LogP contribution is -2.48. The molecule has 6 nitrogen and oxygen atoms in total. The number of aliphatic hydroxyl groups is 1. The zero-order valence-electron chi connectivity index (χ0n) is 17.9. The molecule has 8 heteroatoms. The van der Waals surface area contributed by atoms with E-state index in [1.54, 1.807) is 43.5 Å². The molecule has 1 saturated heterocycles. The number of hydrogen-bond acceptors (Lipinski definition) is 6. The van der Waals surface area contributed by atoms with Gasteiger partial charge in [0.05, 0.1) is 17.5 Å². The average Bonchev–Trinajstić information content (AvgIpc) is 3.26. The van der Waals surface area contributed by atoms with E-state index in [2.05, 4.69) is 16.8 Å². The van der Waals surface area contributed by atoms with Crippen LogP contribution in [0.1, 0.15) is 42.5 Å². The minimum atomic E-state index is -0.880. The lowest BCUT2D eigenvalue weighted by molar-refractivity contribution is -0.122. The van der Waals surface area contributed by atoms with Crippen LogP contribution >= 0.6 is 23.4 Å². The molecule has 0 saturated carbocycles. The molecular weight excluding hydrogens is 436 g/mol. The predicted octanol–water partition coefficient (Wildman–Crippen LogP) is 3.95. The second-order valence-corrected chi connectivity index (χ2v) is 9.19. The minimum absolute atomic E-state index is 0.0130. The number of ketones is 1. The highest BCUT2D eigenvalue weighted by Gasteiger charge is 2.26. The van der Waals surface area contributed by atoms with E-state index in [0.29, 0.717) is 28.6 Å². The zero-order valence-corrected chi connectivity index (χ0v) is 19.5. The number of hydrogen-bond donors (Lipinski definition) is 2. The number of rotatable bonds is 13. The lowest BCUT2D eigenvalue weighted by atomic mass is 10.1. The number of amides is 1. The summed E-state index contributed by atoms with van der Waals surface area (Å²) < 4.78 is 5.51. The number of Topliss-reactive ketones (excluding diaryl/α,β-unsaturated/α-hetero) is 1. The molecule has 2 atom stereocenters. The molecule has 31 heavy (non-hydrogen) atoms. The zero-order chi connectivity index (χ0) is 22.6. The van der Waals surface area contributed by atoms with Crippen molar-refractivity contribution in [3.05, 3.63) is 52.9 Å². The van der Waals surface area contributed by atoms with Gasteiger partial charge in [-0.1, -0.05) is 36.0 Å². The number of likely N-dealkylation sites (tertiary alicyclic amines) is 1. The van der Waals surface area contributed by atoms with Crippen LogP contribution in [0.15, 0.2) is 47.4 Å².